The molecule has 0 aliphatic carbocycles. The van der Waals surface area contributed by atoms with E-state index in [1.54, 1.807) is 11.8 Å². The lowest BCUT2D eigenvalue weighted by Crippen LogP contribution is -2.10. The van der Waals surface area contributed by atoms with Crippen LogP contribution in [0.5, 0.6) is 0 Å². The van der Waals surface area contributed by atoms with Gasteiger partial charge in [-0.3, -0.25) is 0 Å². The van der Waals surface area contributed by atoms with E-state index in [1.165, 1.54) is 0 Å². The summed E-state index contributed by atoms with van der Waals surface area (Å²) in [5.41, 5.74) is 0. The molecule has 0 unspecified atom stereocenters. The van der Waals surface area contributed by atoms with E-state index in [-0.39, 0.29) is 0 Å². The second-order valence-corrected chi connectivity index (χ2v) is 5.38. The predicted octanol–water partition coefficient (Wildman–Crippen LogP) is 4.33. The van der Waals surface area contributed by atoms with Gasteiger partial charge in [-0.15, -0.1) is 11.8 Å². The molecule has 1 aromatic carbocycles. The summed E-state index contributed by atoms with van der Waals surface area (Å²) in [4.78, 5) is 1.16. The molecule has 2 rings (SSSR count). The molecule has 1 N–H and O–H groups in total. The standard InChI is InChI=1S/C14H16ClNOS/c1-2-16-9-12-6-7-13(17-12)10-18-14-5-3-4-11(15)8-14/h3-8,16H,2,9-10H2,1H3. The van der Waals surface area contributed by atoms with E-state index in [0.717, 1.165) is 40.3 Å². The molecule has 0 radical (unpaired) electrons. The lowest BCUT2D eigenvalue weighted by atomic mass is 10.4. The zero-order chi connectivity index (χ0) is 12.8. The zero-order valence-electron chi connectivity index (χ0n) is 10.3. The van der Waals surface area contributed by atoms with Crippen LogP contribution in [0.4, 0.5) is 0 Å². The van der Waals surface area contributed by atoms with Crippen LogP contribution < -0.4 is 5.32 Å². The maximum Gasteiger partial charge on any atom is 0.117 e. The molecular weight excluding hydrogens is 266 g/mol. The highest BCUT2D eigenvalue weighted by atomic mass is 35.5. The normalized spacial score (nSPS) is 10.8. The first-order valence-corrected chi connectivity index (χ1v) is 7.31. The highest BCUT2D eigenvalue weighted by Crippen LogP contribution is 2.25. The number of nitrogens with one attached hydrogen (secondary N) is 1. The predicted molar refractivity (Wildman–Crippen MR) is 77.1 cm³/mol. The van der Waals surface area contributed by atoms with E-state index >= 15 is 0 Å². The second-order valence-electron chi connectivity index (χ2n) is 3.89. The molecule has 96 valence electrons. The Morgan fingerprint density at radius 3 is 2.83 bits per heavy atom. The number of halogens is 1. The lowest BCUT2D eigenvalue weighted by molar-refractivity contribution is 0.463. The Kier molecular flexibility index (Phi) is 5.17. The van der Waals surface area contributed by atoms with E-state index in [4.69, 9.17) is 16.0 Å². The van der Waals surface area contributed by atoms with Crippen molar-refractivity contribution >= 4 is 23.4 Å². The third-order valence-corrected chi connectivity index (χ3v) is 3.69. The van der Waals surface area contributed by atoms with Crippen molar-refractivity contribution in [1.82, 2.24) is 5.32 Å². The Balaban J connectivity index is 1.88. The molecule has 0 saturated carbocycles. The Morgan fingerprint density at radius 2 is 2.06 bits per heavy atom. The quantitative estimate of drug-likeness (QED) is 0.798. The fourth-order valence-electron chi connectivity index (χ4n) is 1.55. The Morgan fingerprint density at radius 1 is 1.22 bits per heavy atom. The molecule has 0 spiro atoms. The monoisotopic (exact) mass is 281 g/mol. The van der Waals surface area contributed by atoms with E-state index in [0.29, 0.717) is 0 Å². The summed E-state index contributed by atoms with van der Waals surface area (Å²) in [6, 6.07) is 11.9. The van der Waals surface area contributed by atoms with Gasteiger partial charge >= 0.3 is 0 Å². The van der Waals surface area contributed by atoms with Crippen molar-refractivity contribution in [3.05, 3.63) is 52.9 Å². The van der Waals surface area contributed by atoms with Crippen LogP contribution in [0, 0.1) is 0 Å². The number of rotatable bonds is 6. The van der Waals surface area contributed by atoms with Crippen molar-refractivity contribution in [3.8, 4) is 0 Å². The fourth-order valence-corrected chi connectivity index (χ4v) is 2.66. The minimum Gasteiger partial charge on any atom is -0.464 e. The number of benzene rings is 1. The van der Waals surface area contributed by atoms with E-state index in [9.17, 15) is 0 Å². The number of furan rings is 1. The van der Waals surface area contributed by atoms with Gasteiger partial charge in [0, 0.05) is 9.92 Å². The molecule has 18 heavy (non-hydrogen) atoms. The average Bonchev–Trinajstić information content (AvgIpc) is 2.82. The molecule has 2 nitrogen and oxygen atoms in total. The summed E-state index contributed by atoms with van der Waals surface area (Å²) in [6.07, 6.45) is 0. The Hall–Kier alpha value is -0.900. The molecule has 1 heterocycles. The summed E-state index contributed by atoms with van der Waals surface area (Å²) in [5, 5.41) is 4.01. The van der Waals surface area contributed by atoms with Crippen molar-refractivity contribution in [3.63, 3.8) is 0 Å². The minimum atomic E-state index is 0.771. The second kappa shape index (κ2) is 6.88. The van der Waals surface area contributed by atoms with Gasteiger partial charge in [-0.1, -0.05) is 24.6 Å². The minimum absolute atomic E-state index is 0.771. The molecule has 1 aromatic heterocycles. The Labute approximate surface area is 117 Å². The van der Waals surface area contributed by atoms with Crippen LogP contribution in [0.2, 0.25) is 5.02 Å². The molecule has 0 atom stereocenters. The zero-order valence-corrected chi connectivity index (χ0v) is 11.9. The van der Waals surface area contributed by atoms with Crippen molar-refractivity contribution in [2.75, 3.05) is 6.54 Å². The van der Waals surface area contributed by atoms with Crippen molar-refractivity contribution in [1.29, 1.82) is 0 Å². The maximum atomic E-state index is 5.94. The van der Waals surface area contributed by atoms with Gasteiger partial charge < -0.3 is 9.73 Å². The summed E-state index contributed by atoms with van der Waals surface area (Å²) in [7, 11) is 0. The molecular formula is C14H16ClNOS. The van der Waals surface area contributed by atoms with Crippen LogP contribution in [0.1, 0.15) is 18.4 Å². The van der Waals surface area contributed by atoms with Gasteiger partial charge in [0.15, 0.2) is 0 Å². The Bertz CT molecular complexity index is 498. The van der Waals surface area contributed by atoms with Crippen molar-refractivity contribution in [2.45, 2.75) is 24.1 Å². The fraction of sp³-hybridized carbons (Fsp3) is 0.286. The van der Waals surface area contributed by atoms with E-state index in [2.05, 4.69) is 18.3 Å². The molecule has 0 saturated heterocycles. The van der Waals surface area contributed by atoms with Crippen LogP contribution in [-0.4, -0.2) is 6.54 Å². The SMILES string of the molecule is CCNCc1ccc(CSc2cccc(Cl)c2)o1. The average molecular weight is 282 g/mol. The number of hydrogen-bond donors (Lipinski definition) is 1. The van der Waals surface area contributed by atoms with Gasteiger partial charge in [0.1, 0.15) is 11.5 Å². The van der Waals surface area contributed by atoms with Gasteiger partial charge in [-0.2, -0.15) is 0 Å². The van der Waals surface area contributed by atoms with Gasteiger partial charge in [0.2, 0.25) is 0 Å². The topological polar surface area (TPSA) is 25.2 Å². The van der Waals surface area contributed by atoms with Crippen LogP contribution in [0.25, 0.3) is 0 Å². The molecule has 0 bridgehead atoms. The van der Waals surface area contributed by atoms with Crippen LogP contribution in [0.15, 0.2) is 45.7 Å². The molecule has 0 aliphatic heterocycles. The first-order chi connectivity index (χ1) is 8.78. The van der Waals surface area contributed by atoms with E-state index < -0.39 is 0 Å². The van der Waals surface area contributed by atoms with Crippen LogP contribution >= 0.6 is 23.4 Å². The summed E-state index contributed by atoms with van der Waals surface area (Å²) >= 11 is 7.67. The van der Waals surface area contributed by atoms with Gasteiger partial charge in [0.05, 0.1) is 12.3 Å². The van der Waals surface area contributed by atoms with Gasteiger partial charge in [-0.25, -0.2) is 0 Å². The van der Waals surface area contributed by atoms with Crippen molar-refractivity contribution in [2.24, 2.45) is 0 Å². The first-order valence-electron chi connectivity index (χ1n) is 5.94. The van der Waals surface area contributed by atoms with Gasteiger partial charge in [0.25, 0.3) is 0 Å². The summed E-state index contributed by atoms with van der Waals surface area (Å²) in [6.45, 7) is 3.82. The molecule has 0 fully saturated rings. The smallest absolute Gasteiger partial charge is 0.117 e. The summed E-state index contributed by atoms with van der Waals surface area (Å²) in [5.74, 6) is 2.80. The molecule has 4 heteroatoms. The largest absolute Gasteiger partial charge is 0.464 e. The third-order valence-electron chi connectivity index (χ3n) is 2.44. The third kappa shape index (κ3) is 4.09. The first kappa shape index (κ1) is 13.5. The lowest BCUT2D eigenvalue weighted by Gasteiger charge is -2.00. The highest BCUT2D eigenvalue weighted by molar-refractivity contribution is 7.98. The van der Waals surface area contributed by atoms with E-state index in [1.807, 2.05) is 30.3 Å². The summed E-state index contributed by atoms with van der Waals surface area (Å²) < 4.78 is 5.72. The maximum absolute atomic E-state index is 5.94. The van der Waals surface area contributed by atoms with Gasteiger partial charge in [-0.05, 0) is 36.9 Å². The number of hydrogen-bond acceptors (Lipinski definition) is 3. The molecule has 0 amide bonds. The molecule has 2 aromatic rings. The molecule has 0 aliphatic rings. The number of thioether (sulfide) groups is 1. The van der Waals surface area contributed by atoms with Crippen LogP contribution in [-0.2, 0) is 12.3 Å². The van der Waals surface area contributed by atoms with Crippen LogP contribution in [0.3, 0.4) is 0 Å². The highest BCUT2D eigenvalue weighted by Gasteiger charge is 2.03. The van der Waals surface area contributed by atoms with Crippen molar-refractivity contribution < 1.29 is 4.42 Å².